The first-order valence-electron chi connectivity index (χ1n) is 9.93. The molecule has 0 aliphatic rings. The Bertz CT molecular complexity index is 919. The highest BCUT2D eigenvalue weighted by molar-refractivity contribution is 5.73. The van der Waals surface area contributed by atoms with Crippen molar-refractivity contribution in [3.8, 4) is 5.75 Å². The molecule has 0 aliphatic heterocycles. The van der Waals surface area contributed by atoms with Crippen LogP contribution in [0.3, 0.4) is 0 Å². The fraction of sp³-hybridized carbons (Fsp3) is 0.304. The number of ether oxygens (including phenoxy) is 1. The van der Waals surface area contributed by atoms with Gasteiger partial charge in [-0.25, -0.2) is 9.78 Å². The molecule has 0 atom stereocenters. The molecule has 0 saturated carbocycles. The van der Waals surface area contributed by atoms with Crippen LogP contribution in [0.5, 0.6) is 5.75 Å². The zero-order valence-corrected chi connectivity index (χ0v) is 17.0. The van der Waals surface area contributed by atoms with Crippen LogP contribution in [0.1, 0.15) is 35.9 Å². The number of imidazole rings is 1. The van der Waals surface area contributed by atoms with Gasteiger partial charge in [0.1, 0.15) is 11.6 Å². The molecular formula is C23H28N4O2. The van der Waals surface area contributed by atoms with Crippen molar-refractivity contribution in [2.24, 2.45) is 0 Å². The first kappa shape index (κ1) is 20.5. The molecule has 1 aromatic heterocycles. The summed E-state index contributed by atoms with van der Waals surface area (Å²) in [5, 5.41) is 5.80. The number of nitrogens with one attached hydrogen (secondary N) is 2. The fourth-order valence-corrected chi connectivity index (χ4v) is 2.96. The van der Waals surface area contributed by atoms with E-state index < -0.39 is 0 Å². The molecule has 2 amide bonds. The summed E-state index contributed by atoms with van der Waals surface area (Å²) >= 11 is 0. The van der Waals surface area contributed by atoms with Crippen molar-refractivity contribution in [1.82, 2.24) is 20.2 Å². The molecule has 0 aliphatic carbocycles. The van der Waals surface area contributed by atoms with Gasteiger partial charge in [-0.3, -0.25) is 0 Å². The van der Waals surface area contributed by atoms with Crippen LogP contribution in [0.15, 0.2) is 60.9 Å². The second kappa shape index (κ2) is 10.3. The van der Waals surface area contributed by atoms with Crippen molar-refractivity contribution in [3.63, 3.8) is 0 Å². The summed E-state index contributed by atoms with van der Waals surface area (Å²) in [6.45, 7) is 6.49. The quantitative estimate of drug-likeness (QED) is 0.578. The van der Waals surface area contributed by atoms with Gasteiger partial charge in [-0.2, -0.15) is 0 Å². The van der Waals surface area contributed by atoms with E-state index in [0.717, 1.165) is 35.7 Å². The second-order valence-corrected chi connectivity index (χ2v) is 6.95. The standard InChI is InChI=1S/C23H28N4O2/c1-3-13-29-22-9-7-19(8-10-22)15-25-23(28)26-16-20-5-4-6-21(14-20)17-27-12-11-24-18(27)2/h4-12,14H,3,13,15-17H2,1-2H3,(H2,25,26,28). The van der Waals surface area contributed by atoms with Crippen LogP contribution in [0.2, 0.25) is 0 Å². The predicted molar refractivity (Wildman–Crippen MR) is 114 cm³/mol. The fourth-order valence-electron chi connectivity index (χ4n) is 2.96. The maximum absolute atomic E-state index is 12.1. The number of urea groups is 1. The van der Waals surface area contributed by atoms with Gasteiger partial charge in [-0.1, -0.05) is 43.3 Å². The number of carbonyl (C=O) groups excluding carboxylic acids is 1. The summed E-state index contributed by atoms with van der Waals surface area (Å²) in [7, 11) is 0. The Morgan fingerprint density at radius 3 is 2.45 bits per heavy atom. The van der Waals surface area contributed by atoms with Gasteiger partial charge in [0.15, 0.2) is 0 Å². The minimum absolute atomic E-state index is 0.188. The molecule has 2 N–H and O–H groups in total. The minimum Gasteiger partial charge on any atom is -0.494 e. The lowest BCUT2D eigenvalue weighted by molar-refractivity contribution is 0.240. The summed E-state index contributed by atoms with van der Waals surface area (Å²) < 4.78 is 7.66. The highest BCUT2D eigenvalue weighted by Gasteiger charge is 2.04. The number of hydrogen-bond acceptors (Lipinski definition) is 3. The molecular weight excluding hydrogens is 364 g/mol. The number of nitrogens with zero attached hydrogens (tertiary/aromatic N) is 2. The first-order valence-corrected chi connectivity index (χ1v) is 9.93. The zero-order chi connectivity index (χ0) is 20.5. The summed E-state index contributed by atoms with van der Waals surface area (Å²) in [6.07, 6.45) is 4.75. The van der Waals surface area contributed by atoms with Gasteiger partial charge < -0.3 is 19.9 Å². The van der Waals surface area contributed by atoms with Crippen LogP contribution in [0.4, 0.5) is 4.79 Å². The van der Waals surface area contributed by atoms with Gasteiger partial charge in [0, 0.05) is 32.0 Å². The third-order valence-corrected chi connectivity index (χ3v) is 4.57. The monoisotopic (exact) mass is 392 g/mol. The van der Waals surface area contributed by atoms with E-state index in [1.807, 2.05) is 49.5 Å². The predicted octanol–water partition coefficient (Wildman–Crippen LogP) is 4.03. The van der Waals surface area contributed by atoms with Gasteiger partial charge >= 0.3 is 6.03 Å². The van der Waals surface area contributed by atoms with E-state index in [9.17, 15) is 4.79 Å². The smallest absolute Gasteiger partial charge is 0.315 e. The maximum atomic E-state index is 12.1. The highest BCUT2D eigenvalue weighted by Crippen LogP contribution is 2.12. The Labute approximate surface area is 171 Å². The van der Waals surface area contributed by atoms with Gasteiger partial charge in [0.05, 0.1) is 6.61 Å². The van der Waals surface area contributed by atoms with Crippen LogP contribution >= 0.6 is 0 Å². The molecule has 0 radical (unpaired) electrons. The average Bonchev–Trinajstić information content (AvgIpc) is 3.14. The molecule has 6 heteroatoms. The van der Waals surface area contributed by atoms with Crippen molar-refractivity contribution >= 4 is 6.03 Å². The number of rotatable bonds is 9. The van der Waals surface area contributed by atoms with Gasteiger partial charge in [0.2, 0.25) is 0 Å². The van der Waals surface area contributed by atoms with Crippen molar-refractivity contribution in [2.45, 2.75) is 39.9 Å². The number of aryl methyl sites for hydroxylation is 1. The SMILES string of the molecule is CCCOc1ccc(CNC(=O)NCc2cccc(Cn3ccnc3C)c2)cc1. The molecule has 0 bridgehead atoms. The molecule has 29 heavy (non-hydrogen) atoms. The van der Waals surface area contributed by atoms with Gasteiger partial charge in [-0.15, -0.1) is 0 Å². The van der Waals surface area contributed by atoms with E-state index in [2.05, 4.69) is 39.2 Å². The van der Waals surface area contributed by atoms with Gasteiger partial charge in [0.25, 0.3) is 0 Å². The third kappa shape index (κ3) is 6.38. The van der Waals surface area contributed by atoms with E-state index in [0.29, 0.717) is 19.7 Å². The number of aromatic nitrogens is 2. The summed E-state index contributed by atoms with van der Waals surface area (Å²) in [5.41, 5.74) is 3.27. The Kier molecular flexibility index (Phi) is 7.28. The van der Waals surface area contributed by atoms with Crippen LogP contribution in [0, 0.1) is 6.92 Å². The lowest BCUT2D eigenvalue weighted by Crippen LogP contribution is -2.34. The largest absolute Gasteiger partial charge is 0.494 e. The molecule has 3 aromatic rings. The normalized spacial score (nSPS) is 10.6. The Morgan fingerprint density at radius 2 is 1.76 bits per heavy atom. The van der Waals surface area contributed by atoms with Crippen LogP contribution in [-0.2, 0) is 19.6 Å². The Hall–Kier alpha value is -3.28. The van der Waals surface area contributed by atoms with E-state index in [1.165, 1.54) is 5.56 Å². The maximum Gasteiger partial charge on any atom is 0.315 e. The first-order chi connectivity index (χ1) is 14.1. The van der Waals surface area contributed by atoms with Crippen LogP contribution < -0.4 is 15.4 Å². The average molecular weight is 393 g/mol. The van der Waals surface area contributed by atoms with Crippen molar-refractivity contribution < 1.29 is 9.53 Å². The lowest BCUT2D eigenvalue weighted by Gasteiger charge is -2.10. The molecule has 0 unspecified atom stereocenters. The molecule has 2 aromatic carbocycles. The van der Waals surface area contributed by atoms with Crippen molar-refractivity contribution in [1.29, 1.82) is 0 Å². The highest BCUT2D eigenvalue weighted by atomic mass is 16.5. The number of hydrogen-bond donors (Lipinski definition) is 2. The molecule has 6 nitrogen and oxygen atoms in total. The number of amides is 2. The number of benzene rings is 2. The van der Waals surface area contributed by atoms with E-state index in [-0.39, 0.29) is 6.03 Å². The molecule has 0 fully saturated rings. The second-order valence-electron chi connectivity index (χ2n) is 6.95. The third-order valence-electron chi connectivity index (χ3n) is 4.57. The molecule has 0 saturated heterocycles. The Morgan fingerprint density at radius 1 is 1.03 bits per heavy atom. The van der Waals surface area contributed by atoms with E-state index in [1.54, 1.807) is 6.20 Å². The molecule has 0 spiro atoms. The summed E-state index contributed by atoms with van der Waals surface area (Å²) in [4.78, 5) is 16.4. The van der Waals surface area contributed by atoms with E-state index >= 15 is 0 Å². The zero-order valence-electron chi connectivity index (χ0n) is 17.0. The number of carbonyl (C=O) groups is 1. The minimum atomic E-state index is -0.188. The molecule has 152 valence electrons. The topological polar surface area (TPSA) is 68.2 Å². The lowest BCUT2D eigenvalue weighted by atomic mass is 10.1. The Balaban J connectivity index is 1.44. The molecule has 3 rings (SSSR count). The van der Waals surface area contributed by atoms with E-state index in [4.69, 9.17) is 4.74 Å². The van der Waals surface area contributed by atoms with Crippen LogP contribution in [0.25, 0.3) is 0 Å². The van der Waals surface area contributed by atoms with Crippen LogP contribution in [-0.4, -0.2) is 22.2 Å². The molecule has 1 heterocycles. The summed E-state index contributed by atoms with van der Waals surface area (Å²) in [6, 6.07) is 15.8. The van der Waals surface area contributed by atoms with Gasteiger partial charge in [-0.05, 0) is 42.2 Å². The van der Waals surface area contributed by atoms with Crippen molar-refractivity contribution in [3.05, 3.63) is 83.4 Å². The summed E-state index contributed by atoms with van der Waals surface area (Å²) in [5.74, 6) is 1.84. The van der Waals surface area contributed by atoms with Crippen molar-refractivity contribution in [2.75, 3.05) is 6.61 Å².